The second-order valence-electron chi connectivity index (χ2n) is 24.0. The van der Waals surface area contributed by atoms with Crippen molar-refractivity contribution >= 4 is 0 Å². The number of ether oxygens (including phenoxy) is 9. The van der Waals surface area contributed by atoms with Crippen molar-refractivity contribution in [2.75, 3.05) is 19.8 Å². The molecule has 0 radical (unpaired) electrons. The molecule has 5 aliphatic heterocycles. The van der Waals surface area contributed by atoms with Crippen LogP contribution in [0.4, 0.5) is 0 Å². The van der Waals surface area contributed by atoms with E-state index in [1.54, 1.807) is 0 Å². The van der Waals surface area contributed by atoms with Crippen LogP contribution in [0.1, 0.15) is 99.3 Å². The van der Waals surface area contributed by atoms with Crippen LogP contribution in [0, 0.1) is 46.3 Å². The largest absolute Gasteiger partial charge is 0.492 e. The minimum atomic E-state index is -1.74. The standard InChI is InChI=1S/C51H84O22/c1-20(19-65-45-38(60)37(59)34(56)29(17-52)70-45)7-10-31-51(6,64)44-28(69-31)16-27-25-9-8-23-15-24(11-13-49(23,4)26(25)12-14-50(27,44)5)68-48-43(73-47-40(62)36(58)33(55)22(3)67-47)41(63)42(30(18-53)71-48)72-46-39(61)35(57)32(54)21(2)66-46/h10,20-30,32-48,52-64H,7-9,11-19H2,1-6H3. The molecule has 0 aromatic heterocycles. The zero-order valence-electron chi connectivity index (χ0n) is 42.7. The lowest BCUT2D eigenvalue weighted by atomic mass is 9.44. The molecule has 22 heteroatoms. The van der Waals surface area contributed by atoms with E-state index in [2.05, 4.69) is 13.8 Å². The monoisotopic (exact) mass is 1050 g/mol. The Morgan fingerprint density at radius 1 is 0.589 bits per heavy atom. The second-order valence-corrected chi connectivity index (χ2v) is 24.0. The highest BCUT2D eigenvalue weighted by Crippen LogP contribution is 2.71. The molecule has 9 fully saturated rings. The molecular formula is C51H84O22. The maximum atomic E-state index is 12.4. The van der Waals surface area contributed by atoms with E-state index in [4.69, 9.17) is 42.6 Å². The SMILES string of the molecule is CC(CC=C1OC2CC3C4CCC5CC(OC6OC(CO)C(OC7OC(C)C(O)C(O)C7O)C(O)C6OC6OC(C)C(O)C(O)C6O)CCC5(C)C4CCC3(C)C2C1(C)O)COC1OC(CO)C(O)C(O)C1O. The van der Waals surface area contributed by atoms with E-state index in [9.17, 15) is 66.4 Å². The highest BCUT2D eigenvalue weighted by molar-refractivity contribution is 5.26. The highest BCUT2D eigenvalue weighted by Gasteiger charge is 2.69. The Hall–Kier alpha value is -1.30. The molecule has 5 heterocycles. The number of hydrogen-bond acceptors (Lipinski definition) is 22. The summed E-state index contributed by atoms with van der Waals surface area (Å²) in [7, 11) is 0. The molecule has 5 saturated heterocycles. The average molecular weight is 1050 g/mol. The fraction of sp³-hybridized carbons (Fsp3) is 0.961. The first kappa shape index (κ1) is 56.4. The molecule has 0 aromatic carbocycles. The van der Waals surface area contributed by atoms with Gasteiger partial charge in [-0.05, 0) is 125 Å². The summed E-state index contributed by atoms with van der Waals surface area (Å²) in [6, 6.07) is 0. The molecule has 4 saturated carbocycles. The van der Waals surface area contributed by atoms with Gasteiger partial charge in [0.25, 0.3) is 0 Å². The molecule has 0 spiro atoms. The summed E-state index contributed by atoms with van der Waals surface area (Å²) in [5.74, 6) is 1.79. The summed E-state index contributed by atoms with van der Waals surface area (Å²) in [4.78, 5) is 0. The third-order valence-corrected chi connectivity index (χ3v) is 19.4. The summed E-state index contributed by atoms with van der Waals surface area (Å²) < 4.78 is 54.6. The van der Waals surface area contributed by atoms with Gasteiger partial charge in [0.05, 0.1) is 38.1 Å². The lowest BCUT2D eigenvalue weighted by Gasteiger charge is -2.61. The lowest BCUT2D eigenvalue weighted by molar-refractivity contribution is -0.389. The average Bonchev–Trinajstić information content (AvgIpc) is 3.82. The van der Waals surface area contributed by atoms with Gasteiger partial charge in [0.2, 0.25) is 0 Å². The van der Waals surface area contributed by atoms with E-state index in [1.165, 1.54) is 13.8 Å². The van der Waals surface area contributed by atoms with Crippen molar-refractivity contribution in [1.82, 2.24) is 0 Å². The van der Waals surface area contributed by atoms with Crippen molar-refractivity contribution in [3.8, 4) is 0 Å². The van der Waals surface area contributed by atoms with Crippen molar-refractivity contribution in [2.24, 2.45) is 46.3 Å². The Labute approximate surface area is 426 Å². The molecule has 0 aromatic rings. The second kappa shape index (κ2) is 21.7. The van der Waals surface area contributed by atoms with Gasteiger partial charge in [0.1, 0.15) is 103 Å². The maximum absolute atomic E-state index is 12.4. The summed E-state index contributed by atoms with van der Waals surface area (Å²) in [5.41, 5.74) is -1.40. The van der Waals surface area contributed by atoms with Gasteiger partial charge in [-0.2, -0.15) is 0 Å². The van der Waals surface area contributed by atoms with Crippen LogP contribution in [0.5, 0.6) is 0 Å². The molecular weight excluding hydrogens is 965 g/mol. The van der Waals surface area contributed by atoms with Crippen molar-refractivity contribution in [3.05, 3.63) is 11.8 Å². The summed E-state index contributed by atoms with van der Waals surface area (Å²) >= 11 is 0. The molecule has 22 nitrogen and oxygen atoms in total. The van der Waals surface area contributed by atoms with Crippen molar-refractivity contribution < 1.29 is 109 Å². The fourth-order valence-corrected chi connectivity index (χ4v) is 15.2. The van der Waals surface area contributed by atoms with Gasteiger partial charge < -0.3 is 109 Å². The normalized spacial score (nSPS) is 56.0. The fourth-order valence-electron chi connectivity index (χ4n) is 15.2. The van der Waals surface area contributed by atoms with Crippen molar-refractivity contribution in [1.29, 1.82) is 0 Å². The number of aliphatic hydroxyl groups excluding tert-OH is 12. The van der Waals surface area contributed by atoms with Crippen LogP contribution in [0.2, 0.25) is 0 Å². The molecule has 4 aliphatic carbocycles. The third-order valence-electron chi connectivity index (χ3n) is 19.4. The topological polar surface area (TPSA) is 346 Å². The zero-order valence-corrected chi connectivity index (χ0v) is 42.7. The molecule has 9 rings (SSSR count). The van der Waals surface area contributed by atoms with Gasteiger partial charge in [-0.25, -0.2) is 0 Å². The van der Waals surface area contributed by atoms with E-state index in [0.29, 0.717) is 42.8 Å². The minimum Gasteiger partial charge on any atom is -0.492 e. The molecule has 420 valence electrons. The number of rotatable bonds is 13. The predicted molar refractivity (Wildman–Crippen MR) is 249 cm³/mol. The molecule has 13 N–H and O–H groups in total. The Kier molecular flexibility index (Phi) is 16.8. The van der Waals surface area contributed by atoms with Crippen LogP contribution in [-0.2, 0) is 42.6 Å². The maximum Gasteiger partial charge on any atom is 0.187 e. The van der Waals surface area contributed by atoms with Crippen molar-refractivity contribution in [3.63, 3.8) is 0 Å². The Balaban J connectivity index is 0.844. The third kappa shape index (κ3) is 10.1. The van der Waals surface area contributed by atoms with E-state index in [0.717, 1.165) is 38.5 Å². The molecule has 31 unspecified atom stereocenters. The van der Waals surface area contributed by atoms with Crippen LogP contribution in [-0.4, -0.2) is 227 Å². The van der Waals surface area contributed by atoms with E-state index < -0.39 is 142 Å². The van der Waals surface area contributed by atoms with Crippen molar-refractivity contribution in [2.45, 2.75) is 240 Å². The number of fused-ring (bicyclic) bond motifs is 7. The van der Waals surface area contributed by atoms with Gasteiger partial charge in [0, 0.05) is 5.92 Å². The van der Waals surface area contributed by atoms with Crippen LogP contribution in [0.15, 0.2) is 11.8 Å². The van der Waals surface area contributed by atoms with Gasteiger partial charge >= 0.3 is 0 Å². The smallest absolute Gasteiger partial charge is 0.187 e. The van der Waals surface area contributed by atoms with Crippen LogP contribution < -0.4 is 0 Å². The predicted octanol–water partition coefficient (Wildman–Crippen LogP) is -1.98. The zero-order chi connectivity index (χ0) is 52.8. The molecule has 31 atom stereocenters. The van der Waals surface area contributed by atoms with Gasteiger partial charge in [-0.3, -0.25) is 0 Å². The summed E-state index contributed by atoms with van der Waals surface area (Å²) in [6.45, 7) is 10.4. The molecule has 0 bridgehead atoms. The minimum absolute atomic E-state index is 0.0251. The first-order chi connectivity index (χ1) is 34.4. The molecule has 9 aliphatic rings. The summed E-state index contributed by atoms with van der Waals surface area (Å²) in [5, 5.41) is 139. The van der Waals surface area contributed by atoms with Crippen LogP contribution in [0.25, 0.3) is 0 Å². The van der Waals surface area contributed by atoms with E-state index >= 15 is 0 Å². The number of aliphatic hydroxyl groups is 13. The lowest BCUT2D eigenvalue weighted by Crippen LogP contribution is -2.66. The van der Waals surface area contributed by atoms with Gasteiger partial charge in [-0.1, -0.05) is 20.8 Å². The Morgan fingerprint density at radius 3 is 1.79 bits per heavy atom. The summed E-state index contributed by atoms with van der Waals surface area (Å²) in [6.07, 6.45) is -20.0. The number of hydrogen-bond donors (Lipinski definition) is 13. The van der Waals surface area contributed by atoms with E-state index in [-0.39, 0.29) is 47.4 Å². The Morgan fingerprint density at radius 2 is 1.16 bits per heavy atom. The molecule has 73 heavy (non-hydrogen) atoms. The quantitative estimate of drug-likeness (QED) is 0.0889. The van der Waals surface area contributed by atoms with E-state index in [1.807, 2.05) is 19.9 Å². The number of allylic oxidation sites excluding steroid dienone is 1. The first-order valence-corrected chi connectivity index (χ1v) is 26.8. The van der Waals surface area contributed by atoms with Gasteiger partial charge in [0.15, 0.2) is 25.2 Å². The van der Waals surface area contributed by atoms with Gasteiger partial charge in [-0.15, -0.1) is 0 Å². The van der Waals surface area contributed by atoms with Crippen LogP contribution >= 0.6 is 0 Å². The molecule has 0 amide bonds. The van der Waals surface area contributed by atoms with Crippen LogP contribution in [0.3, 0.4) is 0 Å². The first-order valence-electron chi connectivity index (χ1n) is 26.8. The highest BCUT2D eigenvalue weighted by atomic mass is 16.8. The Bertz CT molecular complexity index is 1900.